The zero-order valence-electron chi connectivity index (χ0n) is 23.0. The number of carboxylic acid groups (broad SMARTS) is 1. The van der Waals surface area contributed by atoms with Crippen LogP contribution in [0.3, 0.4) is 0 Å². The number of carboxylic acids is 1. The molecule has 39 heavy (non-hydrogen) atoms. The minimum Gasteiger partial charge on any atom is -0.481 e. The van der Waals surface area contributed by atoms with Crippen LogP contribution in [0.1, 0.15) is 93.2 Å². The van der Waals surface area contributed by atoms with Crippen molar-refractivity contribution in [2.45, 2.75) is 77.4 Å². The summed E-state index contributed by atoms with van der Waals surface area (Å²) in [5.74, 6) is -0.128. The van der Waals surface area contributed by atoms with Crippen molar-refractivity contribution in [3.8, 4) is 0 Å². The molecule has 2 amide bonds. The molecule has 8 heteroatoms. The maximum atomic E-state index is 14.2. The highest BCUT2D eigenvalue weighted by Crippen LogP contribution is 2.48. The highest BCUT2D eigenvalue weighted by molar-refractivity contribution is 6.47. The summed E-state index contributed by atoms with van der Waals surface area (Å²) in [5, 5.41) is 12.1. The van der Waals surface area contributed by atoms with Crippen LogP contribution >= 0.6 is 11.6 Å². The van der Waals surface area contributed by atoms with E-state index >= 15 is 0 Å². The Kier molecular flexibility index (Phi) is 9.11. The van der Waals surface area contributed by atoms with Crippen molar-refractivity contribution in [2.75, 3.05) is 6.54 Å². The molecule has 1 saturated carbocycles. The SMILES string of the molecule is CCC[C@H](c1ccc(C(=O)NCCC(=O)O)cc1)N1C(=O)C(c2ccc(Cl)cc2)=NC12CCC(C(C)C)CC2. The number of nitrogens with one attached hydrogen (secondary N) is 1. The minimum absolute atomic E-state index is 0.0609. The quantitative estimate of drug-likeness (QED) is 0.364. The van der Waals surface area contributed by atoms with Crippen LogP contribution in [-0.4, -0.2) is 45.7 Å². The van der Waals surface area contributed by atoms with Crippen LogP contribution in [0.5, 0.6) is 0 Å². The molecule has 0 bridgehead atoms. The van der Waals surface area contributed by atoms with Gasteiger partial charge >= 0.3 is 5.97 Å². The van der Waals surface area contributed by atoms with Gasteiger partial charge in [0.1, 0.15) is 11.4 Å². The summed E-state index contributed by atoms with van der Waals surface area (Å²) in [6, 6.07) is 14.4. The number of carbonyl (C=O) groups excluding carboxylic acids is 2. The highest BCUT2D eigenvalue weighted by atomic mass is 35.5. The van der Waals surface area contributed by atoms with Gasteiger partial charge in [0.05, 0.1) is 12.5 Å². The summed E-state index contributed by atoms with van der Waals surface area (Å²) in [5.41, 5.74) is 2.10. The second-order valence-electron chi connectivity index (χ2n) is 11.0. The summed E-state index contributed by atoms with van der Waals surface area (Å²) in [7, 11) is 0. The molecule has 2 aliphatic rings. The topological polar surface area (TPSA) is 99.1 Å². The summed E-state index contributed by atoms with van der Waals surface area (Å²) < 4.78 is 0. The van der Waals surface area contributed by atoms with Crippen LogP contribution in [0.2, 0.25) is 5.02 Å². The lowest BCUT2D eigenvalue weighted by Crippen LogP contribution is -2.51. The molecule has 1 heterocycles. The fraction of sp³-hybridized carbons (Fsp3) is 0.484. The maximum absolute atomic E-state index is 14.2. The molecule has 0 radical (unpaired) electrons. The lowest BCUT2D eigenvalue weighted by molar-refractivity contribution is -0.137. The number of halogens is 1. The first-order valence-electron chi connectivity index (χ1n) is 13.9. The Morgan fingerprint density at radius 3 is 2.31 bits per heavy atom. The lowest BCUT2D eigenvalue weighted by Gasteiger charge is -2.46. The molecule has 0 saturated heterocycles. The Morgan fingerprint density at radius 1 is 1.10 bits per heavy atom. The third-order valence-corrected chi connectivity index (χ3v) is 8.39. The second-order valence-corrected chi connectivity index (χ2v) is 11.5. The molecule has 4 rings (SSSR count). The number of hydrogen-bond donors (Lipinski definition) is 2. The number of amides is 2. The molecule has 1 spiro atoms. The maximum Gasteiger partial charge on any atom is 0.305 e. The number of benzene rings is 2. The van der Waals surface area contributed by atoms with Crippen molar-refractivity contribution >= 4 is 35.1 Å². The van der Waals surface area contributed by atoms with Gasteiger partial charge in [0.25, 0.3) is 11.8 Å². The molecule has 0 unspecified atom stereocenters. The summed E-state index contributed by atoms with van der Waals surface area (Å²) in [4.78, 5) is 44.6. The van der Waals surface area contributed by atoms with Gasteiger partial charge in [-0.1, -0.05) is 63.1 Å². The second kappa shape index (κ2) is 12.3. The molecule has 1 aliphatic carbocycles. The van der Waals surface area contributed by atoms with Crippen LogP contribution in [0.25, 0.3) is 0 Å². The fourth-order valence-electron chi connectivity index (χ4n) is 5.92. The van der Waals surface area contributed by atoms with Crippen LogP contribution in [-0.2, 0) is 9.59 Å². The van der Waals surface area contributed by atoms with E-state index in [1.807, 2.05) is 29.2 Å². The molecule has 208 valence electrons. The molecule has 1 fully saturated rings. The minimum atomic E-state index is -0.958. The molecule has 1 atom stereocenters. The first-order chi connectivity index (χ1) is 18.6. The number of hydrogen-bond acceptors (Lipinski definition) is 4. The van der Waals surface area contributed by atoms with E-state index in [9.17, 15) is 14.4 Å². The molecule has 0 aromatic heterocycles. The van der Waals surface area contributed by atoms with E-state index in [4.69, 9.17) is 21.7 Å². The Morgan fingerprint density at radius 2 is 1.74 bits per heavy atom. The molecule has 2 N–H and O–H groups in total. The summed E-state index contributed by atoms with van der Waals surface area (Å²) >= 11 is 6.13. The number of rotatable bonds is 10. The van der Waals surface area contributed by atoms with E-state index in [1.165, 1.54) is 0 Å². The van der Waals surface area contributed by atoms with Crippen LogP contribution in [0.15, 0.2) is 53.5 Å². The Bertz CT molecular complexity index is 1220. The van der Waals surface area contributed by atoms with E-state index in [0.717, 1.165) is 49.7 Å². The number of aliphatic carboxylic acids is 1. The molecule has 1 aliphatic heterocycles. The van der Waals surface area contributed by atoms with Gasteiger partial charge in [-0.3, -0.25) is 19.4 Å². The van der Waals surface area contributed by atoms with Crippen LogP contribution in [0, 0.1) is 11.8 Å². The van der Waals surface area contributed by atoms with Gasteiger partial charge in [0.2, 0.25) is 0 Å². The molecule has 7 nitrogen and oxygen atoms in total. The van der Waals surface area contributed by atoms with E-state index in [-0.39, 0.29) is 30.8 Å². The summed E-state index contributed by atoms with van der Waals surface area (Å²) in [6.07, 6.45) is 5.21. The van der Waals surface area contributed by atoms with E-state index in [0.29, 0.717) is 28.1 Å². The third-order valence-electron chi connectivity index (χ3n) is 8.14. The number of carbonyl (C=O) groups is 3. The van der Waals surface area contributed by atoms with Gasteiger partial charge in [-0.2, -0.15) is 0 Å². The smallest absolute Gasteiger partial charge is 0.305 e. The molecule has 2 aromatic rings. The van der Waals surface area contributed by atoms with E-state index in [1.54, 1.807) is 24.3 Å². The van der Waals surface area contributed by atoms with Gasteiger partial charge in [0, 0.05) is 22.7 Å². The van der Waals surface area contributed by atoms with Crippen molar-refractivity contribution in [1.82, 2.24) is 10.2 Å². The average Bonchev–Trinajstić information content (AvgIpc) is 3.18. The van der Waals surface area contributed by atoms with E-state index < -0.39 is 11.6 Å². The van der Waals surface area contributed by atoms with Crippen molar-refractivity contribution in [3.05, 3.63) is 70.2 Å². The predicted molar refractivity (Wildman–Crippen MR) is 153 cm³/mol. The highest BCUT2D eigenvalue weighted by Gasteiger charge is 2.51. The van der Waals surface area contributed by atoms with Gasteiger partial charge in [-0.15, -0.1) is 0 Å². The predicted octanol–water partition coefficient (Wildman–Crippen LogP) is 6.26. The molecular weight excluding hydrogens is 514 g/mol. The first kappa shape index (κ1) is 28.8. The average molecular weight is 552 g/mol. The van der Waals surface area contributed by atoms with Crippen LogP contribution in [0.4, 0.5) is 0 Å². The number of nitrogens with zero attached hydrogens (tertiary/aromatic N) is 2. The third kappa shape index (κ3) is 6.35. The monoisotopic (exact) mass is 551 g/mol. The number of aliphatic imine (C=N–C) groups is 1. The van der Waals surface area contributed by atoms with Gasteiger partial charge in [0.15, 0.2) is 0 Å². The van der Waals surface area contributed by atoms with Crippen molar-refractivity contribution in [2.24, 2.45) is 16.8 Å². The van der Waals surface area contributed by atoms with Crippen molar-refractivity contribution in [3.63, 3.8) is 0 Å². The molecule has 2 aromatic carbocycles. The standard InChI is InChI=1S/C31H38ClN3O4/c1-4-5-26(22-6-8-24(9-7-22)29(38)33-19-16-27(36)37)35-30(39)28(23-10-12-25(32)13-11-23)34-31(35)17-14-21(15-18-31)20(2)3/h6-13,20-21,26H,4-5,14-19H2,1-3H3,(H,33,38)(H,36,37)/t21?,26-,31?/m1/s1. The normalized spacial score (nSPS) is 21.8. The Balaban J connectivity index is 1.65. The van der Waals surface area contributed by atoms with Gasteiger partial charge < -0.3 is 15.3 Å². The van der Waals surface area contributed by atoms with Gasteiger partial charge in [-0.05, 0) is 73.8 Å². The fourth-order valence-corrected chi connectivity index (χ4v) is 6.05. The molecular formula is C31H38ClN3O4. The van der Waals surface area contributed by atoms with Crippen molar-refractivity contribution in [1.29, 1.82) is 0 Å². The van der Waals surface area contributed by atoms with Crippen molar-refractivity contribution < 1.29 is 19.5 Å². The van der Waals surface area contributed by atoms with E-state index in [2.05, 4.69) is 26.1 Å². The largest absolute Gasteiger partial charge is 0.481 e. The Hall–Kier alpha value is -3.19. The van der Waals surface area contributed by atoms with Crippen LogP contribution < -0.4 is 5.32 Å². The summed E-state index contributed by atoms with van der Waals surface area (Å²) in [6.45, 7) is 6.71. The van der Waals surface area contributed by atoms with Gasteiger partial charge in [-0.25, -0.2) is 0 Å². The Labute approximate surface area is 235 Å². The first-order valence-corrected chi connectivity index (χ1v) is 14.3. The zero-order chi connectivity index (χ0) is 28.2. The lowest BCUT2D eigenvalue weighted by atomic mass is 9.76. The zero-order valence-corrected chi connectivity index (χ0v) is 23.7.